The Balaban J connectivity index is 1.89. The lowest BCUT2D eigenvalue weighted by atomic mass is 10.2. The molecule has 0 spiro atoms. The maximum absolute atomic E-state index is 12.1. The van der Waals surface area contributed by atoms with Gasteiger partial charge in [-0.25, -0.2) is 4.68 Å². The van der Waals surface area contributed by atoms with Gasteiger partial charge in [0.05, 0.1) is 11.6 Å². The third kappa shape index (κ3) is 3.58. The van der Waals surface area contributed by atoms with E-state index in [1.807, 2.05) is 24.3 Å². The molecule has 0 bridgehead atoms. The van der Waals surface area contributed by atoms with Crippen molar-refractivity contribution in [2.75, 3.05) is 0 Å². The molecule has 2 N–H and O–H groups in total. The van der Waals surface area contributed by atoms with Crippen LogP contribution in [0.4, 0.5) is 0 Å². The van der Waals surface area contributed by atoms with Crippen LogP contribution in [0.5, 0.6) is 5.88 Å². The Morgan fingerprint density at radius 3 is 2.48 bits per heavy atom. The van der Waals surface area contributed by atoms with Gasteiger partial charge >= 0.3 is 0 Å². The highest BCUT2D eigenvalue weighted by Crippen LogP contribution is 2.35. The lowest BCUT2D eigenvalue weighted by Crippen LogP contribution is -2.07. The molecule has 23 heavy (non-hydrogen) atoms. The molecule has 0 unspecified atom stereocenters. The first-order valence-corrected chi connectivity index (χ1v) is 8.30. The predicted octanol–water partition coefficient (Wildman–Crippen LogP) is 4.39. The number of halogens is 2. The normalized spacial score (nSPS) is 10.9. The van der Waals surface area contributed by atoms with Crippen LogP contribution >= 0.6 is 35.0 Å². The van der Waals surface area contributed by atoms with Crippen LogP contribution in [0.1, 0.15) is 5.56 Å². The molecule has 1 heterocycles. The first-order valence-electron chi connectivity index (χ1n) is 6.73. The van der Waals surface area contributed by atoms with Crippen LogP contribution in [-0.4, -0.2) is 14.9 Å². The van der Waals surface area contributed by atoms with Gasteiger partial charge in [0.15, 0.2) is 0 Å². The van der Waals surface area contributed by atoms with Crippen molar-refractivity contribution >= 4 is 35.0 Å². The molecule has 3 aromatic rings. The Morgan fingerprint density at radius 2 is 1.78 bits per heavy atom. The molecular weight excluding hydrogens is 355 g/mol. The number of aromatic hydroxyl groups is 1. The average molecular weight is 367 g/mol. The van der Waals surface area contributed by atoms with Crippen LogP contribution < -0.4 is 5.56 Å². The molecule has 0 atom stereocenters. The van der Waals surface area contributed by atoms with E-state index in [4.69, 9.17) is 23.2 Å². The van der Waals surface area contributed by atoms with E-state index in [9.17, 15) is 9.90 Å². The number of hydrogen-bond acceptors (Lipinski definition) is 3. The Kier molecular flexibility index (Phi) is 4.71. The SMILES string of the molecule is O=c1[nH]n(Cc2ccc(Cl)cc2)c(O)c1Sc1ccccc1Cl. The van der Waals surface area contributed by atoms with Gasteiger partial charge in [0.25, 0.3) is 5.56 Å². The van der Waals surface area contributed by atoms with Crippen LogP contribution in [0.25, 0.3) is 0 Å². The van der Waals surface area contributed by atoms with Crippen molar-refractivity contribution in [3.8, 4) is 5.88 Å². The second kappa shape index (κ2) is 6.74. The Bertz CT molecular complexity index is 888. The van der Waals surface area contributed by atoms with E-state index in [0.29, 0.717) is 21.5 Å². The topological polar surface area (TPSA) is 58.0 Å². The van der Waals surface area contributed by atoms with Crippen LogP contribution in [0.3, 0.4) is 0 Å². The highest BCUT2D eigenvalue weighted by Gasteiger charge is 2.16. The van der Waals surface area contributed by atoms with Crippen molar-refractivity contribution < 1.29 is 5.11 Å². The van der Waals surface area contributed by atoms with Crippen molar-refractivity contribution in [3.05, 3.63) is 74.5 Å². The molecule has 0 saturated heterocycles. The summed E-state index contributed by atoms with van der Waals surface area (Å²) in [5.74, 6) is -0.116. The Morgan fingerprint density at radius 1 is 1.09 bits per heavy atom. The zero-order valence-electron chi connectivity index (χ0n) is 11.8. The molecule has 0 saturated carbocycles. The first-order chi connectivity index (χ1) is 11.0. The molecule has 1 aromatic heterocycles. The van der Waals surface area contributed by atoms with Gasteiger partial charge in [-0.3, -0.25) is 9.89 Å². The standard InChI is InChI=1S/C16H12Cl2N2O2S/c17-11-7-5-10(6-8-11)9-20-16(22)14(15(21)19-20)23-13-4-2-1-3-12(13)18/h1-8,22H,9H2,(H,19,21). The number of rotatable bonds is 4. The largest absolute Gasteiger partial charge is 0.493 e. The van der Waals surface area contributed by atoms with Crippen molar-refractivity contribution in [1.82, 2.24) is 9.78 Å². The lowest BCUT2D eigenvalue weighted by Gasteiger charge is -2.05. The van der Waals surface area contributed by atoms with Gasteiger partial charge in [-0.15, -0.1) is 0 Å². The minimum Gasteiger partial charge on any atom is -0.493 e. The van der Waals surface area contributed by atoms with Crippen molar-refractivity contribution in [3.63, 3.8) is 0 Å². The van der Waals surface area contributed by atoms with Crippen molar-refractivity contribution in [2.45, 2.75) is 16.3 Å². The lowest BCUT2D eigenvalue weighted by molar-refractivity contribution is 0.399. The number of benzene rings is 2. The van der Waals surface area contributed by atoms with Gasteiger partial charge in [-0.2, -0.15) is 0 Å². The van der Waals surface area contributed by atoms with Gasteiger partial charge in [0.2, 0.25) is 5.88 Å². The van der Waals surface area contributed by atoms with Crippen LogP contribution in [0.2, 0.25) is 10.0 Å². The summed E-state index contributed by atoms with van der Waals surface area (Å²) in [4.78, 5) is 13.0. The maximum atomic E-state index is 12.1. The number of hydrogen-bond donors (Lipinski definition) is 2. The van der Waals surface area contributed by atoms with Crippen molar-refractivity contribution in [1.29, 1.82) is 0 Å². The van der Waals surface area contributed by atoms with E-state index >= 15 is 0 Å². The summed E-state index contributed by atoms with van der Waals surface area (Å²) in [6, 6.07) is 14.3. The second-order valence-electron chi connectivity index (χ2n) is 4.84. The average Bonchev–Trinajstić information content (AvgIpc) is 2.79. The second-order valence-corrected chi connectivity index (χ2v) is 6.73. The monoisotopic (exact) mass is 366 g/mol. The van der Waals surface area contributed by atoms with E-state index in [2.05, 4.69) is 5.10 Å². The molecule has 0 aliphatic rings. The predicted molar refractivity (Wildman–Crippen MR) is 92.8 cm³/mol. The molecule has 0 aliphatic carbocycles. The van der Waals surface area contributed by atoms with Crippen LogP contribution in [0.15, 0.2) is 63.1 Å². The fourth-order valence-corrected chi connectivity index (χ4v) is 3.32. The number of H-pyrrole nitrogens is 1. The summed E-state index contributed by atoms with van der Waals surface area (Å²) in [7, 11) is 0. The van der Waals surface area contributed by atoms with Crippen LogP contribution in [0, 0.1) is 0 Å². The Hall–Kier alpha value is -1.82. The molecule has 0 fully saturated rings. The zero-order valence-corrected chi connectivity index (χ0v) is 14.1. The summed E-state index contributed by atoms with van der Waals surface area (Å²) in [5.41, 5.74) is 0.548. The summed E-state index contributed by atoms with van der Waals surface area (Å²) < 4.78 is 1.39. The van der Waals surface area contributed by atoms with Gasteiger partial charge in [-0.1, -0.05) is 59.2 Å². The fraction of sp³-hybridized carbons (Fsp3) is 0.0625. The zero-order chi connectivity index (χ0) is 16.4. The summed E-state index contributed by atoms with van der Waals surface area (Å²) in [6.45, 7) is 0.335. The molecule has 2 aromatic carbocycles. The molecule has 0 amide bonds. The molecule has 4 nitrogen and oxygen atoms in total. The quantitative estimate of drug-likeness (QED) is 0.719. The maximum Gasteiger partial charge on any atom is 0.282 e. The Labute approximate surface area is 146 Å². The van der Waals surface area contributed by atoms with E-state index in [1.165, 1.54) is 4.68 Å². The van der Waals surface area contributed by atoms with Gasteiger partial charge in [0, 0.05) is 9.92 Å². The molecule has 3 rings (SSSR count). The summed E-state index contributed by atoms with van der Waals surface area (Å²) in [6.07, 6.45) is 0. The van der Waals surface area contributed by atoms with E-state index < -0.39 is 0 Å². The molecule has 7 heteroatoms. The number of aromatic amines is 1. The summed E-state index contributed by atoms with van der Waals surface area (Å²) >= 11 is 13.1. The first kappa shape index (κ1) is 16.1. The third-order valence-electron chi connectivity index (χ3n) is 3.20. The van der Waals surface area contributed by atoms with E-state index in [1.54, 1.807) is 24.3 Å². The highest BCUT2D eigenvalue weighted by atomic mass is 35.5. The number of aromatic nitrogens is 2. The smallest absolute Gasteiger partial charge is 0.282 e. The van der Waals surface area contributed by atoms with Gasteiger partial charge in [0.1, 0.15) is 4.90 Å². The molecule has 0 aliphatic heterocycles. The minimum absolute atomic E-state index is 0.116. The number of nitrogens with zero attached hydrogens (tertiary/aromatic N) is 1. The van der Waals surface area contributed by atoms with Crippen LogP contribution in [-0.2, 0) is 6.54 Å². The fourth-order valence-electron chi connectivity index (χ4n) is 2.07. The van der Waals surface area contributed by atoms with Gasteiger partial charge < -0.3 is 5.11 Å². The van der Waals surface area contributed by atoms with E-state index in [-0.39, 0.29) is 16.3 Å². The summed E-state index contributed by atoms with van der Waals surface area (Å²) in [5, 5.41) is 14.1. The van der Waals surface area contributed by atoms with Crippen molar-refractivity contribution in [2.24, 2.45) is 0 Å². The molecule has 0 radical (unpaired) electrons. The molecule has 118 valence electrons. The van der Waals surface area contributed by atoms with Gasteiger partial charge in [-0.05, 0) is 29.8 Å². The highest BCUT2D eigenvalue weighted by molar-refractivity contribution is 7.99. The van der Waals surface area contributed by atoms with E-state index in [0.717, 1.165) is 17.3 Å². The molecular formula is C16H12Cl2N2O2S. The minimum atomic E-state index is -0.360. The number of nitrogens with one attached hydrogen (secondary N) is 1. The third-order valence-corrected chi connectivity index (χ3v) is 5.05.